The number of amides is 2. The molecule has 2 heterocycles. The van der Waals surface area contributed by atoms with Crippen molar-refractivity contribution in [3.63, 3.8) is 0 Å². The molecule has 0 aromatic heterocycles. The molecule has 2 fully saturated rings. The lowest BCUT2D eigenvalue weighted by Gasteiger charge is -2.36. The Labute approximate surface area is 191 Å². The number of nitrogens with zero attached hydrogens (tertiary/aromatic N) is 3. The maximum atomic E-state index is 14.1. The molecule has 0 bridgehead atoms. The van der Waals surface area contributed by atoms with Gasteiger partial charge >= 0.3 is 0 Å². The standard InChI is InChI=1S/C22H23ClFN3O4S/c1-22(2)14-32(30,31)27(21(22)29)19-13-15(7-8-16(19)23)20(28)26-11-9-25(10-12-26)18-6-4-3-5-17(18)24/h3-8,13H,9-12,14H2,1-2H3. The molecule has 0 N–H and O–H groups in total. The summed E-state index contributed by atoms with van der Waals surface area (Å²) in [6.07, 6.45) is 0. The summed E-state index contributed by atoms with van der Waals surface area (Å²) in [6, 6.07) is 10.8. The van der Waals surface area contributed by atoms with Crippen LogP contribution in [-0.4, -0.2) is 57.1 Å². The van der Waals surface area contributed by atoms with E-state index in [0.29, 0.717) is 36.2 Å². The van der Waals surface area contributed by atoms with Gasteiger partial charge in [-0.2, -0.15) is 0 Å². The SMILES string of the molecule is CC1(C)CS(=O)(=O)N(c2cc(C(=O)N3CCN(c4ccccc4F)CC3)ccc2Cl)C1=O. The van der Waals surface area contributed by atoms with Crippen molar-refractivity contribution in [3.05, 3.63) is 58.9 Å². The van der Waals surface area contributed by atoms with Crippen LogP contribution in [-0.2, 0) is 14.8 Å². The number of hydrogen-bond acceptors (Lipinski definition) is 5. The first kappa shape index (κ1) is 22.5. The molecule has 2 aromatic rings. The summed E-state index contributed by atoms with van der Waals surface area (Å²) in [7, 11) is -3.90. The van der Waals surface area contributed by atoms with Crippen LogP contribution in [0.5, 0.6) is 0 Å². The minimum atomic E-state index is -3.90. The van der Waals surface area contributed by atoms with E-state index in [9.17, 15) is 22.4 Å². The first-order chi connectivity index (χ1) is 15.0. The van der Waals surface area contributed by atoms with Crippen molar-refractivity contribution in [3.8, 4) is 0 Å². The van der Waals surface area contributed by atoms with Crippen molar-refractivity contribution in [2.75, 3.05) is 41.1 Å². The van der Waals surface area contributed by atoms with Gasteiger partial charge in [0.05, 0.1) is 27.6 Å². The molecule has 170 valence electrons. The Hall–Kier alpha value is -2.65. The average Bonchev–Trinajstić information content (AvgIpc) is 2.91. The van der Waals surface area contributed by atoms with Crippen molar-refractivity contribution < 1.29 is 22.4 Å². The van der Waals surface area contributed by atoms with E-state index in [0.717, 1.165) is 0 Å². The average molecular weight is 480 g/mol. The quantitative estimate of drug-likeness (QED) is 0.675. The molecule has 0 atom stereocenters. The van der Waals surface area contributed by atoms with Crippen LogP contribution in [0.15, 0.2) is 42.5 Å². The van der Waals surface area contributed by atoms with E-state index in [4.69, 9.17) is 11.6 Å². The van der Waals surface area contributed by atoms with E-state index in [1.807, 2.05) is 4.90 Å². The molecule has 0 unspecified atom stereocenters. The van der Waals surface area contributed by atoms with Crippen LogP contribution >= 0.6 is 11.6 Å². The number of rotatable bonds is 3. The first-order valence-electron chi connectivity index (χ1n) is 10.2. The number of carbonyl (C=O) groups excluding carboxylic acids is 2. The summed E-state index contributed by atoms with van der Waals surface area (Å²) < 4.78 is 40.0. The minimum Gasteiger partial charge on any atom is -0.366 e. The Morgan fingerprint density at radius 1 is 1.03 bits per heavy atom. The number of carbonyl (C=O) groups is 2. The van der Waals surface area contributed by atoms with Gasteiger partial charge in [0.1, 0.15) is 5.82 Å². The van der Waals surface area contributed by atoms with Crippen LogP contribution in [0, 0.1) is 11.2 Å². The van der Waals surface area contributed by atoms with Crippen molar-refractivity contribution in [2.24, 2.45) is 5.41 Å². The van der Waals surface area contributed by atoms with E-state index in [1.54, 1.807) is 36.9 Å². The molecule has 0 saturated carbocycles. The molecule has 2 aliphatic rings. The molecule has 32 heavy (non-hydrogen) atoms. The van der Waals surface area contributed by atoms with Gasteiger partial charge in [-0.15, -0.1) is 0 Å². The van der Waals surface area contributed by atoms with Crippen molar-refractivity contribution in [2.45, 2.75) is 13.8 Å². The number of hydrogen-bond donors (Lipinski definition) is 0. The number of anilines is 2. The highest BCUT2D eigenvalue weighted by atomic mass is 35.5. The summed E-state index contributed by atoms with van der Waals surface area (Å²) in [5.41, 5.74) is -0.367. The highest BCUT2D eigenvalue weighted by molar-refractivity contribution is 7.94. The molecule has 0 aliphatic carbocycles. The fourth-order valence-electron chi connectivity index (χ4n) is 4.09. The topological polar surface area (TPSA) is 78.0 Å². The summed E-state index contributed by atoms with van der Waals surface area (Å²) in [5, 5.41) is 0.0700. The summed E-state index contributed by atoms with van der Waals surface area (Å²) in [4.78, 5) is 29.3. The largest absolute Gasteiger partial charge is 0.366 e. The molecule has 4 rings (SSSR count). The lowest BCUT2D eigenvalue weighted by molar-refractivity contribution is -0.123. The zero-order chi connectivity index (χ0) is 23.3. The minimum absolute atomic E-state index is 0.0157. The Kier molecular flexibility index (Phi) is 5.67. The molecular formula is C22H23ClFN3O4S. The Balaban J connectivity index is 1.55. The van der Waals surface area contributed by atoms with Crippen LogP contribution < -0.4 is 9.21 Å². The van der Waals surface area contributed by atoms with Gasteiger partial charge in [0.25, 0.3) is 5.91 Å². The first-order valence-corrected chi connectivity index (χ1v) is 12.2. The van der Waals surface area contributed by atoms with E-state index in [-0.39, 0.29) is 33.8 Å². The smallest absolute Gasteiger partial charge is 0.254 e. The molecule has 10 heteroatoms. The molecule has 0 radical (unpaired) electrons. The molecular weight excluding hydrogens is 457 g/mol. The lowest BCUT2D eigenvalue weighted by Crippen LogP contribution is -2.49. The van der Waals surface area contributed by atoms with Crippen LogP contribution in [0.4, 0.5) is 15.8 Å². The van der Waals surface area contributed by atoms with Crippen molar-refractivity contribution in [1.29, 1.82) is 0 Å². The second kappa shape index (κ2) is 8.04. The third-order valence-electron chi connectivity index (χ3n) is 5.76. The Morgan fingerprint density at radius 2 is 1.69 bits per heavy atom. The number of para-hydroxylation sites is 1. The van der Waals surface area contributed by atoms with Gasteiger partial charge in [-0.3, -0.25) is 9.59 Å². The van der Waals surface area contributed by atoms with E-state index in [1.165, 1.54) is 24.3 Å². The fourth-order valence-corrected chi connectivity index (χ4v) is 6.45. The Bertz CT molecular complexity index is 1190. The van der Waals surface area contributed by atoms with Gasteiger partial charge in [0.15, 0.2) is 0 Å². The highest BCUT2D eigenvalue weighted by Crippen LogP contribution is 2.39. The van der Waals surface area contributed by atoms with E-state index < -0.39 is 21.3 Å². The number of benzene rings is 2. The lowest BCUT2D eigenvalue weighted by atomic mass is 9.95. The molecule has 2 saturated heterocycles. The summed E-state index contributed by atoms with van der Waals surface area (Å²) in [6.45, 7) is 4.79. The predicted molar refractivity (Wildman–Crippen MR) is 121 cm³/mol. The number of halogens is 2. The maximum absolute atomic E-state index is 14.1. The normalized spacial score (nSPS) is 20.0. The van der Waals surface area contributed by atoms with Gasteiger partial charge < -0.3 is 9.80 Å². The van der Waals surface area contributed by atoms with Gasteiger partial charge in [-0.25, -0.2) is 17.1 Å². The third-order valence-corrected chi connectivity index (χ3v) is 8.08. The second-order valence-electron chi connectivity index (χ2n) is 8.61. The summed E-state index contributed by atoms with van der Waals surface area (Å²) >= 11 is 6.23. The molecule has 2 aromatic carbocycles. The van der Waals surface area contributed by atoms with Crippen molar-refractivity contribution >= 4 is 44.8 Å². The van der Waals surface area contributed by atoms with Crippen LogP contribution in [0.3, 0.4) is 0 Å². The number of sulfonamides is 1. The van der Waals surface area contributed by atoms with Crippen molar-refractivity contribution in [1.82, 2.24) is 4.90 Å². The fraction of sp³-hybridized carbons (Fsp3) is 0.364. The van der Waals surface area contributed by atoms with Crippen LogP contribution in [0.1, 0.15) is 24.2 Å². The van der Waals surface area contributed by atoms with Gasteiger partial charge in [-0.05, 0) is 44.2 Å². The van der Waals surface area contributed by atoms with Gasteiger partial charge in [0, 0.05) is 31.7 Å². The highest BCUT2D eigenvalue weighted by Gasteiger charge is 2.50. The molecule has 7 nitrogen and oxygen atoms in total. The second-order valence-corrected chi connectivity index (χ2v) is 10.8. The number of piperazine rings is 1. The zero-order valence-electron chi connectivity index (χ0n) is 17.7. The Morgan fingerprint density at radius 3 is 2.28 bits per heavy atom. The van der Waals surface area contributed by atoms with E-state index in [2.05, 4.69) is 0 Å². The molecule has 2 amide bonds. The third kappa shape index (κ3) is 3.95. The monoisotopic (exact) mass is 479 g/mol. The molecule has 2 aliphatic heterocycles. The predicted octanol–water partition coefficient (Wildman–Crippen LogP) is 3.14. The zero-order valence-corrected chi connectivity index (χ0v) is 19.3. The van der Waals surface area contributed by atoms with Crippen LogP contribution in [0.25, 0.3) is 0 Å². The van der Waals surface area contributed by atoms with E-state index >= 15 is 0 Å². The van der Waals surface area contributed by atoms with Gasteiger partial charge in [-0.1, -0.05) is 23.7 Å². The maximum Gasteiger partial charge on any atom is 0.254 e. The summed E-state index contributed by atoms with van der Waals surface area (Å²) in [5.74, 6) is -1.53. The molecule has 0 spiro atoms. The van der Waals surface area contributed by atoms with Crippen LogP contribution in [0.2, 0.25) is 5.02 Å². The van der Waals surface area contributed by atoms with Gasteiger partial charge in [0.2, 0.25) is 15.9 Å².